The summed E-state index contributed by atoms with van der Waals surface area (Å²) in [6.07, 6.45) is -3.53. The van der Waals surface area contributed by atoms with Gasteiger partial charge in [0.25, 0.3) is 0 Å². The second kappa shape index (κ2) is 10.3. The van der Waals surface area contributed by atoms with E-state index in [2.05, 4.69) is 0 Å². The quantitative estimate of drug-likeness (QED) is 0.409. The van der Waals surface area contributed by atoms with Gasteiger partial charge in [-0.05, 0) is 47.9 Å². The molecule has 1 heterocycles. The molecule has 3 rings (SSSR count). The Hall–Kier alpha value is -3.29. The number of aromatic carboxylic acids is 1. The van der Waals surface area contributed by atoms with Crippen LogP contribution in [0.25, 0.3) is 11.1 Å². The molecule has 1 N–H and O–H groups in total. The molecule has 5 nitrogen and oxygen atoms in total. The number of rotatable bonds is 9. The first-order valence-corrected chi connectivity index (χ1v) is 11.4. The predicted molar refractivity (Wildman–Crippen MR) is 125 cm³/mol. The molecular formula is C26H29F3N2O3. The Morgan fingerprint density at radius 1 is 1.03 bits per heavy atom. The van der Waals surface area contributed by atoms with E-state index in [4.69, 9.17) is 0 Å². The zero-order valence-corrected chi connectivity index (χ0v) is 19.5. The van der Waals surface area contributed by atoms with Crippen molar-refractivity contribution in [3.8, 4) is 11.1 Å². The van der Waals surface area contributed by atoms with Gasteiger partial charge in [-0.3, -0.25) is 9.13 Å². The highest BCUT2D eigenvalue weighted by Gasteiger charge is 2.40. The molecular weight excluding hydrogens is 445 g/mol. The highest BCUT2D eigenvalue weighted by molar-refractivity contribution is 5.95. The number of hydrogen-bond acceptors (Lipinski definition) is 2. The standard InChI is InChI=1S/C26H29F3N2O3/c1-4-15-30-23(26(27,28)29)22(14-9-17(2)3)31(25(30)34)16-18-10-12-19(13-11-18)20-7-5-6-8-21(20)24(32)33/h5-8,10-13,17H,4,9,14-16H2,1-3H3,(H,32,33). The molecule has 0 atom stereocenters. The summed E-state index contributed by atoms with van der Waals surface area (Å²) < 4.78 is 44.1. The number of imidazole rings is 1. The van der Waals surface area contributed by atoms with Crippen molar-refractivity contribution >= 4 is 5.97 Å². The monoisotopic (exact) mass is 474 g/mol. The van der Waals surface area contributed by atoms with Crippen molar-refractivity contribution in [3.63, 3.8) is 0 Å². The third-order valence-corrected chi connectivity index (χ3v) is 5.77. The van der Waals surface area contributed by atoms with E-state index in [1.807, 2.05) is 13.8 Å². The van der Waals surface area contributed by atoms with Gasteiger partial charge < -0.3 is 5.11 Å². The number of alkyl halides is 3. The molecule has 3 aromatic rings. The lowest BCUT2D eigenvalue weighted by Gasteiger charge is -2.14. The molecule has 0 bridgehead atoms. The average Bonchev–Trinajstić information content (AvgIpc) is 3.04. The van der Waals surface area contributed by atoms with Gasteiger partial charge in [0.15, 0.2) is 0 Å². The van der Waals surface area contributed by atoms with Gasteiger partial charge in [0.05, 0.1) is 17.8 Å². The number of benzene rings is 2. The Balaban J connectivity index is 2.04. The first-order chi connectivity index (χ1) is 16.0. The maximum absolute atomic E-state index is 14.0. The van der Waals surface area contributed by atoms with Crippen LogP contribution in [0, 0.1) is 5.92 Å². The van der Waals surface area contributed by atoms with Crippen LogP contribution in [0.2, 0.25) is 0 Å². The van der Waals surface area contributed by atoms with E-state index >= 15 is 0 Å². The highest BCUT2D eigenvalue weighted by atomic mass is 19.4. The molecule has 2 aromatic carbocycles. The fourth-order valence-corrected chi connectivity index (χ4v) is 4.12. The molecule has 0 radical (unpaired) electrons. The zero-order chi connectivity index (χ0) is 25.0. The Labute approximate surface area is 196 Å². The Morgan fingerprint density at radius 3 is 2.24 bits per heavy atom. The van der Waals surface area contributed by atoms with E-state index in [1.54, 1.807) is 49.4 Å². The molecule has 182 valence electrons. The normalized spacial score (nSPS) is 11.9. The van der Waals surface area contributed by atoms with Crippen molar-refractivity contribution in [2.24, 2.45) is 5.92 Å². The molecule has 0 fully saturated rings. The van der Waals surface area contributed by atoms with Crippen LogP contribution in [0.5, 0.6) is 0 Å². The number of nitrogens with zero attached hydrogens (tertiary/aromatic N) is 2. The van der Waals surface area contributed by atoms with Crippen LogP contribution in [0.3, 0.4) is 0 Å². The van der Waals surface area contributed by atoms with Crippen molar-refractivity contribution in [1.29, 1.82) is 0 Å². The smallest absolute Gasteiger partial charge is 0.433 e. The van der Waals surface area contributed by atoms with E-state index < -0.39 is 23.5 Å². The number of carboxylic acids is 1. The molecule has 0 amide bonds. The predicted octanol–water partition coefficient (Wildman–Crippen LogP) is 6.08. The Morgan fingerprint density at radius 2 is 1.68 bits per heavy atom. The first kappa shape index (κ1) is 25.3. The summed E-state index contributed by atoms with van der Waals surface area (Å²) in [6.45, 7) is 5.62. The summed E-state index contributed by atoms with van der Waals surface area (Å²) in [5.74, 6) is -0.856. The minimum absolute atomic E-state index is 0.000263. The summed E-state index contributed by atoms with van der Waals surface area (Å²) in [5.41, 5.74) is 0.541. The van der Waals surface area contributed by atoms with Crippen molar-refractivity contribution in [2.45, 2.75) is 59.3 Å². The van der Waals surface area contributed by atoms with Crippen molar-refractivity contribution in [1.82, 2.24) is 9.13 Å². The lowest BCUT2D eigenvalue weighted by atomic mass is 9.98. The van der Waals surface area contributed by atoms with Crippen LogP contribution in [0.1, 0.15) is 60.9 Å². The lowest BCUT2D eigenvalue weighted by molar-refractivity contribution is -0.144. The van der Waals surface area contributed by atoms with Gasteiger partial charge in [0, 0.05) is 6.54 Å². The van der Waals surface area contributed by atoms with Gasteiger partial charge in [0.2, 0.25) is 0 Å². The van der Waals surface area contributed by atoms with Crippen LogP contribution >= 0.6 is 0 Å². The molecule has 0 saturated carbocycles. The number of aromatic nitrogens is 2. The maximum atomic E-state index is 14.0. The van der Waals surface area contributed by atoms with Crippen LogP contribution in [-0.4, -0.2) is 20.2 Å². The molecule has 0 spiro atoms. The molecule has 8 heteroatoms. The first-order valence-electron chi connectivity index (χ1n) is 11.4. The fourth-order valence-electron chi connectivity index (χ4n) is 4.12. The topological polar surface area (TPSA) is 64.2 Å². The van der Waals surface area contributed by atoms with E-state index in [0.29, 0.717) is 29.5 Å². The average molecular weight is 475 g/mol. The van der Waals surface area contributed by atoms with Crippen LogP contribution in [0.15, 0.2) is 53.3 Å². The largest absolute Gasteiger partial charge is 0.478 e. The SMILES string of the molecule is CCCn1c(C(F)(F)F)c(CCC(C)C)n(Cc2ccc(-c3ccccc3C(=O)O)cc2)c1=O. The van der Waals surface area contributed by atoms with Gasteiger partial charge in [0.1, 0.15) is 5.69 Å². The molecule has 0 unspecified atom stereocenters. The Kier molecular flexibility index (Phi) is 7.69. The fraction of sp³-hybridized carbons (Fsp3) is 0.385. The van der Waals surface area contributed by atoms with Crippen LogP contribution in [0.4, 0.5) is 13.2 Å². The zero-order valence-electron chi connectivity index (χ0n) is 19.5. The van der Waals surface area contributed by atoms with Crippen molar-refractivity contribution in [3.05, 3.63) is 81.5 Å². The van der Waals surface area contributed by atoms with E-state index in [0.717, 1.165) is 4.57 Å². The minimum atomic E-state index is -4.63. The minimum Gasteiger partial charge on any atom is -0.478 e. The van der Waals surface area contributed by atoms with E-state index in [-0.39, 0.29) is 36.7 Å². The van der Waals surface area contributed by atoms with Crippen LogP contribution in [-0.2, 0) is 25.7 Å². The third kappa shape index (κ3) is 5.43. The number of hydrogen-bond donors (Lipinski definition) is 1. The summed E-state index contributed by atoms with van der Waals surface area (Å²) in [6, 6.07) is 13.5. The summed E-state index contributed by atoms with van der Waals surface area (Å²) >= 11 is 0. The van der Waals surface area contributed by atoms with Gasteiger partial charge in [-0.15, -0.1) is 0 Å². The van der Waals surface area contributed by atoms with Gasteiger partial charge in [-0.2, -0.15) is 13.2 Å². The van der Waals surface area contributed by atoms with Crippen molar-refractivity contribution < 1.29 is 23.1 Å². The van der Waals surface area contributed by atoms with Crippen molar-refractivity contribution in [2.75, 3.05) is 0 Å². The lowest BCUT2D eigenvalue weighted by Crippen LogP contribution is -2.27. The number of carboxylic acid groups (broad SMARTS) is 1. The highest BCUT2D eigenvalue weighted by Crippen LogP contribution is 2.33. The summed E-state index contributed by atoms with van der Waals surface area (Å²) in [5, 5.41) is 9.43. The van der Waals surface area contributed by atoms with Crippen LogP contribution < -0.4 is 5.69 Å². The summed E-state index contributed by atoms with van der Waals surface area (Å²) in [7, 11) is 0. The molecule has 0 aliphatic heterocycles. The molecule has 0 saturated heterocycles. The van der Waals surface area contributed by atoms with E-state index in [1.165, 1.54) is 10.6 Å². The molecule has 34 heavy (non-hydrogen) atoms. The van der Waals surface area contributed by atoms with Gasteiger partial charge >= 0.3 is 17.8 Å². The molecule has 0 aliphatic carbocycles. The third-order valence-electron chi connectivity index (χ3n) is 5.77. The molecule has 1 aromatic heterocycles. The second-order valence-electron chi connectivity index (χ2n) is 8.79. The van der Waals surface area contributed by atoms with E-state index in [9.17, 15) is 27.9 Å². The number of halogens is 3. The second-order valence-corrected chi connectivity index (χ2v) is 8.79. The van der Waals surface area contributed by atoms with Gasteiger partial charge in [-0.25, -0.2) is 9.59 Å². The summed E-state index contributed by atoms with van der Waals surface area (Å²) in [4.78, 5) is 24.6. The maximum Gasteiger partial charge on any atom is 0.433 e. The Bertz CT molecular complexity index is 1210. The molecule has 0 aliphatic rings. The number of carbonyl (C=O) groups is 1. The van der Waals surface area contributed by atoms with Gasteiger partial charge in [-0.1, -0.05) is 63.2 Å².